The van der Waals surface area contributed by atoms with Crippen LogP contribution < -0.4 is 15.0 Å². The normalized spacial score (nSPS) is 16.6. The molecule has 3 aromatic rings. The van der Waals surface area contributed by atoms with Crippen molar-refractivity contribution in [1.29, 1.82) is 0 Å². The largest absolute Gasteiger partial charge is 0.573 e. The van der Waals surface area contributed by atoms with E-state index in [1.54, 1.807) is 12.1 Å². The fourth-order valence-electron chi connectivity index (χ4n) is 3.66. The van der Waals surface area contributed by atoms with Gasteiger partial charge in [-0.3, -0.25) is 9.89 Å². The number of nitrogens with one attached hydrogen (secondary N) is 2. The number of aromatic amines is 1. The summed E-state index contributed by atoms with van der Waals surface area (Å²) in [6, 6.07) is 14.2. The van der Waals surface area contributed by atoms with E-state index in [4.69, 9.17) is 11.6 Å². The highest BCUT2D eigenvalue weighted by atomic mass is 35.5. The number of rotatable bonds is 5. The topological polar surface area (TPSA) is 70.2 Å². The Labute approximate surface area is 187 Å². The van der Waals surface area contributed by atoms with Gasteiger partial charge in [-0.05, 0) is 48.7 Å². The van der Waals surface area contributed by atoms with Crippen LogP contribution in [-0.4, -0.2) is 41.6 Å². The molecule has 1 fully saturated rings. The predicted molar refractivity (Wildman–Crippen MR) is 115 cm³/mol. The molecule has 1 aliphatic rings. The summed E-state index contributed by atoms with van der Waals surface area (Å²) < 4.78 is 41.2. The highest BCUT2D eigenvalue weighted by molar-refractivity contribution is 6.30. The van der Waals surface area contributed by atoms with Gasteiger partial charge < -0.3 is 15.0 Å². The summed E-state index contributed by atoms with van der Waals surface area (Å²) in [6.45, 7) is 1.32. The minimum atomic E-state index is -4.81. The zero-order chi connectivity index (χ0) is 22.7. The van der Waals surface area contributed by atoms with Crippen LogP contribution in [0.25, 0.3) is 11.3 Å². The molecule has 2 heterocycles. The maximum absolute atomic E-state index is 12.6. The van der Waals surface area contributed by atoms with Gasteiger partial charge >= 0.3 is 6.36 Å². The maximum atomic E-state index is 12.6. The number of halogens is 4. The number of benzene rings is 2. The lowest BCUT2D eigenvalue weighted by Gasteiger charge is -2.33. The van der Waals surface area contributed by atoms with E-state index in [-0.39, 0.29) is 11.6 Å². The molecule has 0 aliphatic carbocycles. The summed E-state index contributed by atoms with van der Waals surface area (Å²) in [7, 11) is 0. The van der Waals surface area contributed by atoms with Crippen LogP contribution in [0.1, 0.15) is 23.2 Å². The van der Waals surface area contributed by atoms with E-state index in [1.807, 2.05) is 18.2 Å². The van der Waals surface area contributed by atoms with Gasteiger partial charge in [0.25, 0.3) is 5.91 Å². The first-order valence-corrected chi connectivity index (χ1v) is 10.4. The summed E-state index contributed by atoms with van der Waals surface area (Å²) in [5.41, 5.74) is 1.91. The first-order valence-electron chi connectivity index (χ1n) is 10.00. The third-order valence-corrected chi connectivity index (χ3v) is 5.38. The second-order valence-corrected chi connectivity index (χ2v) is 7.92. The lowest BCUT2D eigenvalue weighted by atomic mass is 10.0. The van der Waals surface area contributed by atoms with Gasteiger partial charge in [-0.2, -0.15) is 5.10 Å². The molecule has 0 radical (unpaired) electrons. The molecule has 1 aliphatic heterocycles. The molecular formula is C22H20ClF3N4O2. The van der Waals surface area contributed by atoms with Crippen molar-refractivity contribution in [3.63, 3.8) is 0 Å². The fourth-order valence-corrected chi connectivity index (χ4v) is 3.78. The molecule has 2 aromatic carbocycles. The summed E-state index contributed by atoms with van der Waals surface area (Å²) in [4.78, 5) is 14.7. The fraction of sp³-hybridized carbons (Fsp3) is 0.273. The van der Waals surface area contributed by atoms with Crippen molar-refractivity contribution in [3.05, 3.63) is 65.2 Å². The summed E-state index contributed by atoms with van der Waals surface area (Å²) >= 11 is 5.94. The second kappa shape index (κ2) is 9.12. The lowest BCUT2D eigenvalue weighted by Crippen LogP contribution is -2.48. The first-order chi connectivity index (χ1) is 15.3. The van der Waals surface area contributed by atoms with Crippen LogP contribution in [0.5, 0.6) is 5.75 Å². The van der Waals surface area contributed by atoms with Gasteiger partial charge in [-0.1, -0.05) is 29.8 Å². The molecule has 0 spiro atoms. The summed E-state index contributed by atoms with van der Waals surface area (Å²) in [6.07, 6.45) is -3.21. The average Bonchev–Trinajstić information content (AvgIpc) is 3.24. The number of hydrogen-bond acceptors (Lipinski definition) is 4. The predicted octanol–water partition coefficient (Wildman–Crippen LogP) is 5.03. The van der Waals surface area contributed by atoms with E-state index in [0.717, 1.165) is 48.6 Å². The maximum Gasteiger partial charge on any atom is 0.573 e. The van der Waals surface area contributed by atoms with Gasteiger partial charge in [0.1, 0.15) is 5.75 Å². The molecule has 1 amide bonds. The Morgan fingerprint density at radius 2 is 1.97 bits per heavy atom. The molecule has 4 rings (SSSR count). The number of alkyl halides is 3. The summed E-state index contributed by atoms with van der Waals surface area (Å²) in [5, 5.41) is 11.0. The zero-order valence-corrected chi connectivity index (χ0v) is 17.6. The van der Waals surface area contributed by atoms with Crippen molar-refractivity contribution >= 4 is 23.3 Å². The van der Waals surface area contributed by atoms with Crippen molar-refractivity contribution in [3.8, 4) is 17.0 Å². The first kappa shape index (κ1) is 22.0. The third-order valence-electron chi connectivity index (χ3n) is 5.13. The van der Waals surface area contributed by atoms with Gasteiger partial charge in [0.05, 0.1) is 5.69 Å². The van der Waals surface area contributed by atoms with Crippen LogP contribution in [0, 0.1) is 0 Å². The molecule has 0 bridgehead atoms. The van der Waals surface area contributed by atoms with E-state index >= 15 is 0 Å². The van der Waals surface area contributed by atoms with Crippen molar-refractivity contribution in [2.75, 3.05) is 18.0 Å². The van der Waals surface area contributed by atoms with Crippen LogP contribution >= 0.6 is 11.6 Å². The quantitative estimate of drug-likeness (QED) is 0.556. The Morgan fingerprint density at radius 1 is 1.19 bits per heavy atom. The van der Waals surface area contributed by atoms with Gasteiger partial charge in [0, 0.05) is 35.8 Å². The van der Waals surface area contributed by atoms with Gasteiger partial charge in [0.15, 0.2) is 5.82 Å². The standard InChI is InChI=1S/C22H20ClF3N4O2/c23-16-8-6-14(7-9-16)19-12-20(29-28-19)30-10-2-4-17(13-30)27-21(31)15-3-1-5-18(11-15)32-22(24,25)26/h1,3,5-9,11-12,17H,2,4,10,13H2,(H,27,31)(H,28,29). The van der Waals surface area contributed by atoms with E-state index in [1.165, 1.54) is 12.1 Å². The number of anilines is 1. The molecule has 1 saturated heterocycles. The van der Waals surface area contributed by atoms with Crippen molar-refractivity contribution < 1.29 is 22.7 Å². The van der Waals surface area contributed by atoms with E-state index in [9.17, 15) is 18.0 Å². The minimum absolute atomic E-state index is 0.105. The lowest BCUT2D eigenvalue weighted by molar-refractivity contribution is -0.274. The highest BCUT2D eigenvalue weighted by Gasteiger charge is 2.31. The van der Waals surface area contributed by atoms with E-state index in [2.05, 4.69) is 25.2 Å². The summed E-state index contributed by atoms with van der Waals surface area (Å²) in [5.74, 6) is -0.121. The van der Waals surface area contributed by atoms with Crippen molar-refractivity contribution in [2.45, 2.75) is 25.2 Å². The van der Waals surface area contributed by atoms with Crippen LogP contribution in [0.3, 0.4) is 0 Å². The molecule has 6 nitrogen and oxygen atoms in total. The van der Waals surface area contributed by atoms with Crippen LogP contribution in [0.15, 0.2) is 54.6 Å². The SMILES string of the molecule is O=C(NC1CCCN(c2cc(-c3ccc(Cl)cc3)[nH]n2)C1)c1cccc(OC(F)(F)F)c1. The van der Waals surface area contributed by atoms with Crippen LogP contribution in [0.4, 0.5) is 19.0 Å². The highest BCUT2D eigenvalue weighted by Crippen LogP contribution is 2.26. The average molecular weight is 465 g/mol. The number of ether oxygens (including phenoxy) is 1. The van der Waals surface area contributed by atoms with E-state index < -0.39 is 18.0 Å². The molecule has 1 unspecified atom stereocenters. The zero-order valence-electron chi connectivity index (χ0n) is 16.8. The number of carbonyl (C=O) groups is 1. The Kier molecular flexibility index (Phi) is 6.27. The van der Waals surface area contributed by atoms with Gasteiger partial charge in [-0.25, -0.2) is 0 Å². The van der Waals surface area contributed by atoms with Crippen molar-refractivity contribution in [2.24, 2.45) is 0 Å². The number of piperidine rings is 1. The minimum Gasteiger partial charge on any atom is -0.406 e. The smallest absolute Gasteiger partial charge is 0.406 e. The molecular weight excluding hydrogens is 445 g/mol. The number of H-pyrrole nitrogens is 1. The van der Waals surface area contributed by atoms with Crippen molar-refractivity contribution in [1.82, 2.24) is 15.5 Å². The Bertz CT molecular complexity index is 1090. The number of hydrogen-bond donors (Lipinski definition) is 2. The Morgan fingerprint density at radius 3 is 2.72 bits per heavy atom. The third kappa shape index (κ3) is 5.53. The Hall–Kier alpha value is -3.20. The van der Waals surface area contributed by atoms with Gasteiger partial charge in [-0.15, -0.1) is 13.2 Å². The molecule has 168 valence electrons. The number of nitrogens with zero attached hydrogens (tertiary/aromatic N) is 2. The van der Waals surface area contributed by atoms with Crippen LogP contribution in [-0.2, 0) is 0 Å². The second-order valence-electron chi connectivity index (χ2n) is 7.48. The van der Waals surface area contributed by atoms with Crippen LogP contribution in [0.2, 0.25) is 5.02 Å². The number of aromatic nitrogens is 2. The Balaban J connectivity index is 1.40. The molecule has 2 N–H and O–H groups in total. The number of amides is 1. The molecule has 10 heteroatoms. The number of carbonyl (C=O) groups excluding carboxylic acids is 1. The monoisotopic (exact) mass is 464 g/mol. The molecule has 1 atom stereocenters. The molecule has 0 saturated carbocycles. The van der Waals surface area contributed by atoms with Gasteiger partial charge in [0.2, 0.25) is 0 Å². The van der Waals surface area contributed by atoms with E-state index in [0.29, 0.717) is 11.6 Å². The molecule has 32 heavy (non-hydrogen) atoms. The molecule has 1 aromatic heterocycles.